The number of rotatable bonds is 6. The van der Waals surface area contributed by atoms with Gasteiger partial charge in [-0.15, -0.1) is 0 Å². The molecule has 1 aromatic rings. The first-order valence-corrected chi connectivity index (χ1v) is 10.8. The second-order valence-electron chi connectivity index (χ2n) is 8.16. The molecule has 1 aromatic carbocycles. The van der Waals surface area contributed by atoms with Crippen molar-refractivity contribution in [2.75, 3.05) is 57.8 Å². The van der Waals surface area contributed by atoms with E-state index in [2.05, 4.69) is 10.2 Å². The standard InChI is InChI=1S/C22H33FN4O3/c1-17-6-7-19(15-21(17)23)24-22(29)26-9-3-5-20(16-26)27(18(2)28)10-4-8-25-11-13-30-14-12-25/h6-7,15,20H,3-5,8-14,16H2,1-2H3,(H,24,29). The summed E-state index contributed by atoms with van der Waals surface area (Å²) in [7, 11) is 0. The van der Waals surface area contributed by atoms with E-state index in [4.69, 9.17) is 4.74 Å². The Morgan fingerprint density at radius 3 is 2.73 bits per heavy atom. The summed E-state index contributed by atoms with van der Waals surface area (Å²) in [6.07, 6.45) is 2.64. The minimum Gasteiger partial charge on any atom is -0.379 e. The van der Waals surface area contributed by atoms with Gasteiger partial charge < -0.3 is 19.9 Å². The molecule has 2 aliphatic rings. The van der Waals surface area contributed by atoms with Crippen molar-refractivity contribution in [3.8, 4) is 0 Å². The van der Waals surface area contributed by atoms with Gasteiger partial charge in [0, 0.05) is 57.9 Å². The normalized spacial score (nSPS) is 20.1. The zero-order chi connectivity index (χ0) is 21.5. The Kier molecular flexibility index (Phi) is 8.04. The zero-order valence-corrected chi connectivity index (χ0v) is 18.0. The van der Waals surface area contributed by atoms with Crippen molar-refractivity contribution >= 4 is 17.6 Å². The van der Waals surface area contributed by atoms with E-state index in [0.29, 0.717) is 30.9 Å². The number of morpholine rings is 1. The number of urea groups is 1. The van der Waals surface area contributed by atoms with Crippen LogP contribution in [0.4, 0.5) is 14.9 Å². The first-order chi connectivity index (χ1) is 14.4. The Morgan fingerprint density at radius 1 is 1.27 bits per heavy atom. The molecular formula is C22H33FN4O3. The number of carbonyl (C=O) groups excluding carboxylic acids is 2. The molecule has 166 valence electrons. The molecule has 3 rings (SSSR count). The fourth-order valence-corrected chi connectivity index (χ4v) is 4.15. The van der Waals surface area contributed by atoms with Gasteiger partial charge in [-0.3, -0.25) is 9.69 Å². The zero-order valence-electron chi connectivity index (χ0n) is 18.0. The number of anilines is 1. The second kappa shape index (κ2) is 10.7. The highest BCUT2D eigenvalue weighted by Crippen LogP contribution is 2.19. The van der Waals surface area contributed by atoms with Gasteiger partial charge in [-0.25, -0.2) is 9.18 Å². The molecule has 1 unspecified atom stereocenters. The van der Waals surface area contributed by atoms with Gasteiger partial charge in [0.05, 0.1) is 13.2 Å². The van der Waals surface area contributed by atoms with E-state index in [-0.39, 0.29) is 23.8 Å². The minimum absolute atomic E-state index is 0.0152. The molecule has 0 aromatic heterocycles. The molecule has 2 heterocycles. The van der Waals surface area contributed by atoms with Crippen molar-refractivity contribution < 1.29 is 18.7 Å². The second-order valence-corrected chi connectivity index (χ2v) is 8.16. The maximum Gasteiger partial charge on any atom is 0.321 e. The number of benzene rings is 1. The van der Waals surface area contributed by atoms with Crippen LogP contribution in [-0.4, -0.2) is 85.2 Å². The highest BCUT2D eigenvalue weighted by Gasteiger charge is 2.29. The van der Waals surface area contributed by atoms with Crippen LogP contribution in [0, 0.1) is 12.7 Å². The van der Waals surface area contributed by atoms with Crippen LogP contribution in [-0.2, 0) is 9.53 Å². The summed E-state index contributed by atoms with van der Waals surface area (Å²) in [5, 5.41) is 2.78. The van der Waals surface area contributed by atoms with Crippen LogP contribution >= 0.6 is 0 Å². The van der Waals surface area contributed by atoms with Gasteiger partial charge in [0.25, 0.3) is 0 Å². The van der Waals surface area contributed by atoms with Crippen LogP contribution in [0.1, 0.15) is 31.7 Å². The number of hydrogen-bond acceptors (Lipinski definition) is 4. The average molecular weight is 421 g/mol. The molecule has 0 saturated carbocycles. The Bertz CT molecular complexity index is 739. The third kappa shape index (κ3) is 6.15. The smallest absolute Gasteiger partial charge is 0.321 e. The predicted octanol–water partition coefficient (Wildman–Crippen LogP) is 2.70. The number of aryl methyl sites for hydroxylation is 1. The van der Waals surface area contributed by atoms with Crippen molar-refractivity contribution in [1.82, 2.24) is 14.7 Å². The average Bonchev–Trinajstić information content (AvgIpc) is 2.74. The van der Waals surface area contributed by atoms with Crippen molar-refractivity contribution in [3.05, 3.63) is 29.6 Å². The number of nitrogens with one attached hydrogen (secondary N) is 1. The highest BCUT2D eigenvalue weighted by atomic mass is 19.1. The molecular weight excluding hydrogens is 387 g/mol. The molecule has 0 spiro atoms. The maximum atomic E-state index is 13.8. The van der Waals surface area contributed by atoms with Crippen LogP contribution in [0.15, 0.2) is 18.2 Å². The summed E-state index contributed by atoms with van der Waals surface area (Å²) < 4.78 is 19.1. The van der Waals surface area contributed by atoms with Gasteiger partial charge >= 0.3 is 6.03 Å². The molecule has 0 radical (unpaired) electrons. The highest BCUT2D eigenvalue weighted by molar-refractivity contribution is 5.89. The van der Waals surface area contributed by atoms with Crippen molar-refractivity contribution in [2.24, 2.45) is 0 Å². The lowest BCUT2D eigenvalue weighted by Crippen LogP contribution is -2.52. The topological polar surface area (TPSA) is 65.1 Å². The Hall–Kier alpha value is -2.19. The SMILES string of the molecule is CC(=O)N(CCCN1CCOCC1)C1CCCN(C(=O)Nc2ccc(C)c(F)c2)C1. The van der Waals surface area contributed by atoms with Gasteiger partial charge in [-0.1, -0.05) is 6.07 Å². The number of nitrogens with zero attached hydrogens (tertiary/aromatic N) is 3. The molecule has 30 heavy (non-hydrogen) atoms. The fourth-order valence-electron chi connectivity index (χ4n) is 4.15. The van der Waals surface area contributed by atoms with Crippen molar-refractivity contribution in [3.63, 3.8) is 0 Å². The predicted molar refractivity (Wildman–Crippen MR) is 114 cm³/mol. The van der Waals surface area contributed by atoms with E-state index in [1.807, 2.05) is 4.90 Å². The lowest BCUT2D eigenvalue weighted by Gasteiger charge is -2.39. The number of ether oxygens (including phenoxy) is 1. The molecule has 0 bridgehead atoms. The van der Waals surface area contributed by atoms with Gasteiger partial charge in [0.15, 0.2) is 0 Å². The molecule has 8 heteroatoms. The maximum absolute atomic E-state index is 13.8. The first-order valence-electron chi connectivity index (χ1n) is 10.8. The molecule has 2 saturated heterocycles. The number of amides is 3. The third-order valence-electron chi connectivity index (χ3n) is 5.93. The van der Waals surface area contributed by atoms with Crippen LogP contribution in [0.25, 0.3) is 0 Å². The van der Waals surface area contributed by atoms with E-state index >= 15 is 0 Å². The Labute approximate surface area is 178 Å². The Morgan fingerprint density at radius 2 is 2.03 bits per heavy atom. The van der Waals surface area contributed by atoms with E-state index in [1.165, 1.54) is 6.07 Å². The van der Waals surface area contributed by atoms with Crippen LogP contribution in [0.3, 0.4) is 0 Å². The molecule has 0 aliphatic carbocycles. The van der Waals surface area contributed by atoms with E-state index in [0.717, 1.165) is 52.1 Å². The molecule has 2 fully saturated rings. The number of carbonyl (C=O) groups is 2. The number of likely N-dealkylation sites (tertiary alicyclic amines) is 1. The summed E-state index contributed by atoms with van der Waals surface area (Å²) in [5.74, 6) is -0.294. The molecule has 2 aliphatic heterocycles. The first kappa shape index (κ1) is 22.5. The van der Waals surface area contributed by atoms with Crippen LogP contribution in [0.5, 0.6) is 0 Å². The molecule has 1 N–H and O–H groups in total. The van der Waals surface area contributed by atoms with Gasteiger partial charge in [-0.2, -0.15) is 0 Å². The summed E-state index contributed by atoms with van der Waals surface area (Å²) >= 11 is 0. The van der Waals surface area contributed by atoms with Gasteiger partial charge in [0.1, 0.15) is 5.82 Å². The summed E-state index contributed by atoms with van der Waals surface area (Å²) in [4.78, 5) is 31.0. The molecule has 3 amide bonds. The monoisotopic (exact) mass is 420 g/mol. The lowest BCUT2D eigenvalue weighted by atomic mass is 10.0. The van der Waals surface area contributed by atoms with Crippen LogP contribution < -0.4 is 5.32 Å². The summed E-state index contributed by atoms with van der Waals surface area (Å²) in [6, 6.07) is 4.45. The van der Waals surface area contributed by atoms with Crippen molar-refractivity contribution in [1.29, 1.82) is 0 Å². The van der Waals surface area contributed by atoms with Gasteiger partial charge in [0.2, 0.25) is 5.91 Å². The lowest BCUT2D eigenvalue weighted by molar-refractivity contribution is -0.132. The molecule has 1 atom stereocenters. The quantitative estimate of drug-likeness (QED) is 0.769. The Balaban J connectivity index is 1.53. The number of halogens is 1. The minimum atomic E-state index is -0.340. The number of hydrogen-bond donors (Lipinski definition) is 1. The van der Waals surface area contributed by atoms with E-state index in [1.54, 1.807) is 30.9 Å². The van der Waals surface area contributed by atoms with Crippen LogP contribution in [0.2, 0.25) is 0 Å². The largest absolute Gasteiger partial charge is 0.379 e. The molecule has 7 nitrogen and oxygen atoms in total. The summed E-state index contributed by atoms with van der Waals surface area (Å²) in [5.41, 5.74) is 0.986. The number of piperidine rings is 1. The van der Waals surface area contributed by atoms with E-state index < -0.39 is 0 Å². The van der Waals surface area contributed by atoms with Gasteiger partial charge in [-0.05, 0) is 43.9 Å². The summed E-state index contributed by atoms with van der Waals surface area (Å²) in [6.45, 7) is 9.48. The van der Waals surface area contributed by atoms with E-state index in [9.17, 15) is 14.0 Å². The van der Waals surface area contributed by atoms with Crippen molar-refractivity contribution in [2.45, 2.75) is 39.2 Å². The third-order valence-corrected chi connectivity index (χ3v) is 5.93. The fraction of sp³-hybridized carbons (Fsp3) is 0.636.